The minimum Gasteiger partial charge on any atom is -0.379 e. The van der Waals surface area contributed by atoms with E-state index in [4.69, 9.17) is 11.1 Å². The molecule has 0 aliphatic heterocycles. The van der Waals surface area contributed by atoms with E-state index in [1.54, 1.807) is 0 Å². The molecule has 0 spiro atoms. The highest BCUT2D eigenvalue weighted by Gasteiger charge is 1.94. The Balaban J connectivity index is 3.01. The van der Waals surface area contributed by atoms with E-state index in [0.717, 1.165) is 18.1 Å². The summed E-state index contributed by atoms with van der Waals surface area (Å²) in [4.78, 5) is 0. The standard InChI is InChI=1S/C6H14N2S/c1-5(2)3-4-9-6(7)8/h5H,3-4H2,1-2H3,(H3,7,8). The zero-order valence-electron chi connectivity index (χ0n) is 5.98. The van der Waals surface area contributed by atoms with Crippen LogP contribution >= 0.6 is 11.8 Å². The molecule has 0 fully saturated rings. The molecule has 2 nitrogen and oxygen atoms in total. The lowest BCUT2D eigenvalue weighted by molar-refractivity contribution is 0.632. The highest BCUT2D eigenvalue weighted by molar-refractivity contribution is 8.13. The Morgan fingerprint density at radius 1 is 1.67 bits per heavy atom. The van der Waals surface area contributed by atoms with Crippen LogP contribution in [0.25, 0.3) is 0 Å². The van der Waals surface area contributed by atoms with Gasteiger partial charge in [-0.25, -0.2) is 0 Å². The van der Waals surface area contributed by atoms with Gasteiger partial charge in [0.2, 0.25) is 0 Å². The lowest BCUT2D eigenvalue weighted by Crippen LogP contribution is -2.05. The molecule has 0 bridgehead atoms. The summed E-state index contributed by atoms with van der Waals surface area (Å²) in [6.45, 7) is 4.33. The van der Waals surface area contributed by atoms with Gasteiger partial charge in [0.15, 0.2) is 5.17 Å². The monoisotopic (exact) mass is 146 g/mol. The van der Waals surface area contributed by atoms with Gasteiger partial charge in [0, 0.05) is 5.75 Å². The maximum absolute atomic E-state index is 6.88. The van der Waals surface area contributed by atoms with Crippen molar-refractivity contribution in [1.29, 1.82) is 5.41 Å². The van der Waals surface area contributed by atoms with Crippen molar-refractivity contribution in [1.82, 2.24) is 0 Å². The molecule has 0 radical (unpaired) electrons. The van der Waals surface area contributed by atoms with Crippen LogP contribution in [0.1, 0.15) is 20.3 Å². The first-order valence-electron chi connectivity index (χ1n) is 3.09. The van der Waals surface area contributed by atoms with Crippen LogP contribution < -0.4 is 5.73 Å². The zero-order chi connectivity index (χ0) is 7.28. The fourth-order valence-electron chi connectivity index (χ4n) is 0.405. The molecule has 9 heavy (non-hydrogen) atoms. The largest absolute Gasteiger partial charge is 0.379 e. The van der Waals surface area contributed by atoms with E-state index in [1.165, 1.54) is 11.8 Å². The maximum Gasteiger partial charge on any atom is 0.151 e. The van der Waals surface area contributed by atoms with Crippen molar-refractivity contribution < 1.29 is 0 Å². The molecule has 0 aromatic heterocycles. The van der Waals surface area contributed by atoms with E-state index >= 15 is 0 Å². The number of amidine groups is 1. The molecule has 0 saturated heterocycles. The predicted octanol–water partition coefficient (Wildman–Crippen LogP) is 1.66. The van der Waals surface area contributed by atoms with Crippen LogP contribution in [0.15, 0.2) is 0 Å². The van der Waals surface area contributed by atoms with E-state index < -0.39 is 0 Å². The summed E-state index contributed by atoms with van der Waals surface area (Å²) in [6.07, 6.45) is 1.14. The van der Waals surface area contributed by atoms with E-state index in [0.29, 0.717) is 0 Å². The lowest BCUT2D eigenvalue weighted by atomic mass is 10.2. The van der Waals surface area contributed by atoms with Gasteiger partial charge in [-0.05, 0) is 12.3 Å². The van der Waals surface area contributed by atoms with Gasteiger partial charge in [-0.15, -0.1) is 0 Å². The average Bonchev–Trinajstić information content (AvgIpc) is 1.63. The van der Waals surface area contributed by atoms with Crippen molar-refractivity contribution in [2.24, 2.45) is 11.7 Å². The summed E-state index contributed by atoms with van der Waals surface area (Å²) in [6, 6.07) is 0. The lowest BCUT2D eigenvalue weighted by Gasteiger charge is -2.01. The third-order valence-corrected chi connectivity index (χ3v) is 1.70. The van der Waals surface area contributed by atoms with Crippen LogP contribution in [0.5, 0.6) is 0 Å². The quantitative estimate of drug-likeness (QED) is 0.470. The summed E-state index contributed by atoms with van der Waals surface area (Å²) in [5.74, 6) is 1.70. The summed E-state index contributed by atoms with van der Waals surface area (Å²) < 4.78 is 0. The van der Waals surface area contributed by atoms with Crippen molar-refractivity contribution in [2.45, 2.75) is 20.3 Å². The number of hydrogen-bond donors (Lipinski definition) is 2. The Labute approximate surface area is 60.7 Å². The molecule has 0 heterocycles. The van der Waals surface area contributed by atoms with Gasteiger partial charge in [0.25, 0.3) is 0 Å². The maximum atomic E-state index is 6.88. The van der Waals surface area contributed by atoms with Gasteiger partial charge in [0.05, 0.1) is 0 Å². The fraction of sp³-hybridized carbons (Fsp3) is 0.833. The second-order valence-corrected chi connectivity index (χ2v) is 3.53. The molecule has 0 aromatic carbocycles. The van der Waals surface area contributed by atoms with Gasteiger partial charge in [-0.1, -0.05) is 25.6 Å². The zero-order valence-corrected chi connectivity index (χ0v) is 6.79. The molecule has 0 aliphatic rings. The van der Waals surface area contributed by atoms with Gasteiger partial charge in [-0.3, -0.25) is 5.41 Å². The third kappa shape index (κ3) is 7.82. The minimum absolute atomic E-state index is 0.232. The molecule has 0 rings (SSSR count). The first-order valence-corrected chi connectivity index (χ1v) is 4.08. The topological polar surface area (TPSA) is 49.9 Å². The van der Waals surface area contributed by atoms with Gasteiger partial charge in [-0.2, -0.15) is 0 Å². The van der Waals surface area contributed by atoms with Crippen LogP contribution in [0.3, 0.4) is 0 Å². The smallest absolute Gasteiger partial charge is 0.151 e. The SMILES string of the molecule is CC(C)CCSC(=N)N. The highest BCUT2D eigenvalue weighted by atomic mass is 32.2. The number of rotatable bonds is 3. The van der Waals surface area contributed by atoms with Crippen molar-refractivity contribution in [3.8, 4) is 0 Å². The molecule has 0 aliphatic carbocycles. The van der Waals surface area contributed by atoms with Crippen molar-refractivity contribution in [3.05, 3.63) is 0 Å². The third-order valence-electron chi connectivity index (χ3n) is 0.953. The summed E-state index contributed by atoms with van der Waals surface area (Å²) in [5.41, 5.74) is 5.12. The van der Waals surface area contributed by atoms with Crippen LogP contribution in [-0.2, 0) is 0 Å². The van der Waals surface area contributed by atoms with Crippen LogP contribution in [0.2, 0.25) is 0 Å². The van der Waals surface area contributed by atoms with Gasteiger partial charge in [0.1, 0.15) is 0 Å². The summed E-state index contributed by atoms with van der Waals surface area (Å²) in [5, 5.41) is 7.11. The van der Waals surface area contributed by atoms with Crippen molar-refractivity contribution >= 4 is 16.9 Å². The van der Waals surface area contributed by atoms with Crippen LogP contribution in [0, 0.1) is 11.3 Å². The van der Waals surface area contributed by atoms with Crippen molar-refractivity contribution in [3.63, 3.8) is 0 Å². The van der Waals surface area contributed by atoms with Crippen LogP contribution in [-0.4, -0.2) is 10.9 Å². The molecule has 0 atom stereocenters. The number of thioether (sulfide) groups is 1. The van der Waals surface area contributed by atoms with E-state index in [9.17, 15) is 0 Å². The Bertz CT molecular complexity index is 91.1. The van der Waals surface area contributed by atoms with E-state index in [1.807, 2.05) is 0 Å². The fourth-order valence-corrected chi connectivity index (χ4v) is 1.21. The molecule has 3 N–H and O–H groups in total. The molecule has 0 unspecified atom stereocenters. The molecular weight excluding hydrogens is 132 g/mol. The van der Waals surface area contributed by atoms with E-state index in [-0.39, 0.29) is 5.17 Å². The van der Waals surface area contributed by atoms with E-state index in [2.05, 4.69) is 13.8 Å². The Morgan fingerprint density at radius 3 is 2.56 bits per heavy atom. The Hall–Kier alpha value is -0.180. The predicted molar refractivity (Wildman–Crippen MR) is 43.8 cm³/mol. The molecule has 3 heteroatoms. The Kier molecular flexibility index (Phi) is 4.58. The number of nitrogens with two attached hydrogens (primary N) is 1. The Morgan fingerprint density at radius 2 is 2.22 bits per heavy atom. The van der Waals surface area contributed by atoms with Gasteiger partial charge >= 0.3 is 0 Å². The van der Waals surface area contributed by atoms with Crippen molar-refractivity contribution in [2.75, 3.05) is 5.75 Å². The first kappa shape index (κ1) is 8.82. The number of nitrogens with one attached hydrogen (secondary N) is 1. The first-order chi connectivity index (χ1) is 4.13. The molecule has 0 amide bonds. The minimum atomic E-state index is 0.232. The molecule has 0 aromatic rings. The second-order valence-electron chi connectivity index (χ2n) is 2.40. The second kappa shape index (κ2) is 4.68. The molecular formula is C6H14N2S. The van der Waals surface area contributed by atoms with Gasteiger partial charge < -0.3 is 5.73 Å². The highest BCUT2D eigenvalue weighted by Crippen LogP contribution is 2.06. The summed E-state index contributed by atoms with van der Waals surface area (Å²) in [7, 11) is 0. The summed E-state index contributed by atoms with van der Waals surface area (Å²) >= 11 is 1.42. The van der Waals surface area contributed by atoms with Crippen LogP contribution in [0.4, 0.5) is 0 Å². The molecule has 54 valence electrons. The normalized spacial score (nSPS) is 10.1. The molecule has 0 saturated carbocycles. The average molecular weight is 146 g/mol. The number of hydrogen-bond acceptors (Lipinski definition) is 2.